The number of nitriles is 1. The van der Waals surface area contributed by atoms with Crippen molar-refractivity contribution in [2.24, 2.45) is 0 Å². The summed E-state index contributed by atoms with van der Waals surface area (Å²) < 4.78 is 0. The van der Waals surface area contributed by atoms with Gasteiger partial charge in [0.2, 0.25) is 0 Å². The molecule has 2 aromatic rings. The van der Waals surface area contributed by atoms with E-state index in [9.17, 15) is 0 Å². The van der Waals surface area contributed by atoms with Gasteiger partial charge in [0.1, 0.15) is 11.9 Å². The molecule has 0 aromatic carbocycles. The van der Waals surface area contributed by atoms with Crippen LogP contribution in [0, 0.1) is 11.3 Å². The van der Waals surface area contributed by atoms with Gasteiger partial charge in [0, 0.05) is 12.4 Å². The summed E-state index contributed by atoms with van der Waals surface area (Å²) >= 11 is 0. The van der Waals surface area contributed by atoms with Crippen molar-refractivity contribution >= 4 is 5.82 Å². The van der Waals surface area contributed by atoms with Crippen LogP contribution in [0.15, 0.2) is 42.7 Å². The van der Waals surface area contributed by atoms with E-state index in [1.54, 1.807) is 24.5 Å². The average Bonchev–Trinajstić information content (AvgIpc) is 2.40. The Morgan fingerprint density at radius 3 is 2.71 bits per heavy atom. The predicted octanol–water partition coefficient (Wildman–Crippen LogP) is 2.52. The number of anilines is 1. The molecule has 2 aromatic heterocycles. The third-order valence-electron chi connectivity index (χ3n) is 2.39. The third kappa shape index (κ3) is 2.79. The fourth-order valence-electron chi connectivity index (χ4n) is 1.47. The first-order chi connectivity index (χ1) is 8.29. The van der Waals surface area contributed by atoms with Crippen molar-refractivity contribution < 1.29 is 0 Å². The summed E-state index contributed by atoms with van der Waals surface area (Å²) in [5.41, 5.74) is 1.51. The van der Waals surface area contributed by atoms with Crippen LogP contribution >= 0.6 is 0 Å². The van der Waals surface area contributed by atoms with E-state index >= 15 is 0 Å². The van der Waals surface area contributed by atoms with Crippen LogP contribution in [0.3, 0.4) is 0 Å². The van der Waals surface area contributed by atoms with E-state index in [2.05, 4.69) is 15.3 Å². The van der Waals surface area contributed by atoms with E-state index < -0.39 is 0 Å². The number of nitrogens with one attached hydrogen (secondary N) is 1. The van der Waals surface area contributed by atoms with Crippen LogP contribution in [-0.2, 0) is 0 Å². The van der Waals surface area contributed by atoms with E-state index in [4.69, 9.17) is 5.26 Å². The Labute approximate surface area is 100.0 Å². The van der Waals surface area contributed by atoms with Crippen molar-refractivity contribution in [3.63, 3.8) is 0 Å². The molecule has 0 bridgehead atoms. The molecule has 0 amide bonds. The summed E-state index contributed by atoms with van der Waals surface area (Å²) in [6, 6.07) is 11.4. The predicted molar refractivity (Wildman–Crippen MR) is 65.2 cm³/mol. The Hall–Kier alpha value is -2.41. The van der Waals surface area contributed by atoms with Crippen molar-refractivity contribution in [2.75, 3.05) is 5.32 Å². The van der Waals surface area contributed by atoms with Crippen LogP contribution in [0.2, 0.25) is 0 Å². The van der Waals surface area contributed by atoms with Gasteiger partial charge >= 0.3 is 0 Å². The van der Waals surface area contributed by atoms with Gasteiger partial charge in [-0.3, -0.25) is 4.98 Å². The fourth-order valence-corrected chi connectivity index (χ4v) is 1.47. The number of pyridine rings is 2. The van der Waals surface area contributed by atoms with Crippen LogP contribution in [0.1, 0.15) is 24.2 Å². The molecule has 84 valence electrons. The number of rotatable bonds is 3. The van der Waals surface area contributed by atoms with Crippen LogP contribution in [0.5, 0.6) is 0 Å². The first-order valence-electron chi connectivity index (χ1n) is 5.33. The normalized spacial score (nSPS) is 11.5. The fraction of sp³-hybridized carbons (Fsp3) is 0.154. The maximum absolute atomic E-state index is 8.67. The van der Waals surface area contributed by atoms with Gasteiger partial charge in [-0.1, -0.05) is 6.07 Å². The molecule has 0 fully saturated rings. The smallest absolute Gasteiger partial charge is 0.126 e. The topological polar surface area (TPSA) is 61.6 Å². The second-order valence-corrected chi connectivity index (χ2v) is 3.66. The maximum Gasteiger partial charge on any atom is 0.126 e. The molecule has 2 rings (SSSR count). The van der Waals surface area contributed by atoms with E-state index in [0.29, 0.717) is 5.56 Å². The molecule has 2 heterocycles. The molecule has 0 radical (unpaired) electrons. The van der Waals surface area contributed by atoms with Gasteiger partial charge in [-0.15, -0.1) is 0 Å². The molecule has 1 unspecified atom stereocenters. The quantitative estimate of drug-likeness (QED) is 0.870. The maximum atomic E-state index is 8.67. The Bertz CT molecular complexity index is 513. The summed E-state index contributed by atoms with van der Waals surface area (Å²) in [5, 5.41) is 11.9. The summed E-state index contributed by atoms with van der Waals surface area (Å²) in [6.45, 7) is 2.02. The SMILES string of the molecule is CC(Nc1ccc(C#N)cn1)c1ccccn1. The number of nitrogens with zero attached hydrogens (tertiary/aromatic N) is 3. The highest BCUT2D eigenvalue weighted by atomic mass is 15.0. The summed E-state index contributed by atoms with van der Waals surface area (Å²) in [4.78, 5) is 8.42. The molecule has 0 aliphatic rings. The molecular formula is C13H12N4. The summed E-state index contributed by atoms with van der Waals surface area (Å²) in [7, 11) is 0. The Balaban J connectivity index is 2.08. The van der Waals surface area contributed by atoms with Crippen LogP contribution in [0.25, 0.3) is 0 Å². The lowest BCUT2D eigenvalue weighted by atomic mass is 10.2. The van der Waals surface area contributed by atoms with Crippen molar-refractivity contribution in [1.29, 1.82) is 5.26 Å². The summed E-state index contributed by atoms with van der Waals surface area (Å²) in [5.74, 6) is 0.738. The minimum absolute atomic E-state index is 0.0802. The molecule has 0 aliphatic heterocycles. The van der Waals surface area contributed by atoms with Gasteiger partial charge in [0.05, 0.1) is 17.3 Å². The molecule has 1 atom stereocenters. The zero-order valence-electron chi connectivity index (χ0n) is 9.46. The highest BCUT2D eigenvalue weighted by Gasteiger charge is 2.06. The van der Waals surface area contributed by atoms with Crippen molar-refractivity contribution in [2.45, 2.75) is 13.0 Å². The van der Waals surface area contributed by atoms with Gasteiger partial charge in [-0.25, -0.2) is 4.98 Å². The van der Waals surface area contributed by atoms with E-state index in [0.717, 1.165) is 11.5 Å². The highest BCUT2D eigenvalue weighted by Crippen LogP contribution is 2.15. The van der Waals surface area contributed by atoms with Gasteiger partial charge < -0.3 is 5.32 Å². The standard InChI is InChI=1S/C13H12N4/c1-10(12-4-2-3-7-15-12)17-13-6-5-11(8-14)9-16-13/h2-7,9-10H,1H3,(H,16,17). The first kappa shape index (κ1) is 11.1. The Kier molecular flexibility index (Phi) is 3.31. The molecule has 0 saturated carbocycles. The molecular weight excluding hydrogens is 212 g/mol. The molecule has 4 nitrogen and oxygen atoms in total. The molecule has 4 heteroatoms. The van der Waals surface area contributed by atoms with E-state index in [1.807, 2.05) is 31.2 Å². The molecule has 0 spiro atoms. The van der Waals surface area contributed by atoms with Gasteiger partial charge in [0.15, 0.2) is 0 Å². The lowest BCUT2D eigenvalue weighted by Gasteiger charge is -2.13. The molecule has 1 N–H and O–H groups in total. The van der Waals surface area contributed by atoms with E-state index in [1.165, 1.54) is 0 Å². The number of hydrogen-bond acceptors (Lipinski definition) is 4. The Morgan fingerprint density at radius 1 is 1.24 bits per heavy atom. The van der Waals surface area contributed by atoms with E-state index in [-0.39, 0.29) is 6.04 Å². The largest absolute Gasteiger partial charge is 0.362 e. The van der Waals surface area contributed by atoms with Crippen LogP contribution < -0.4 is 5.32 Å². The highest BCUT2D eigenvalue weighted by molar-refractivity contribution is 5.40. The van der Waals surface area contributed by atoms with Crippen molar-refractivity contribution in [3.05, 3.63) is 54.0 Å². The van der Waals surface area contributed by atoms with Crippen LogP contribution in [-0.4, -0.2) is 9.97 Å². The lowest BCUT2D eigenvalue weighted by Crippen LogP contribution is -2.09. The number of aromatic nitrogens is 2. The summed E-state index contributed by atoms with van der Waals surface area (Å²) in [6.07, 6.45) is 3.31. The Morgan fingerprint density at radius 2 is 2.12 bits per heavy atom. The first-order valence-corrected chi connectivity index (χ1v) is 5.33. The van der Waals surface area contributed by atoms with Gasteiger partial charge in [-0.2, -0.15) is 5.26 Å². The average molecular weight is 224 g/mol. The molecule has 17 heavy (non-hydrogen) atoms. The molecule has 0 aliphatic carbocycles. The van der Waals surface area contributed by atoms with Crippen molar-refractivity contribution in [3.8, 4) is 6.07 Å². The lowest BCUT2D eigenvalue weighted by molar-refractivity contribution is 0.832. The third-order valence-corrected chi connectivity index (χ3v) is 2.39. The van der Waals surface area contributed by atoms with Crippen molar-refractivity contribution in [1.82, 2.24) is 9.97 Å². The zero-order valence-corrected chi connectivity index (χ0v) is 9.46. The van der Waals surface area contributed by atoms with Gasteiger partial charge in [0.25, 0.3) is 0 Å². The minimum Gasteiger partial charge on any atom is -0.362 e. The minimum atomic E-state index is 0.0802. The monoisotopic (exact) mass is 224 g/mol. The molecule has 0 saturated heterocycles. The second kappa shape index (κ2) is 5.08. The number of hydrogen-bond donors (Lipinski definition) is 1. The van der Waals surface area contributed by atoms with Crippen LogP contribution in [0.4, 0.5) is 5.82 Å². The second-order valence-electron chi connectivity index (χ2n) is 3.66. The van der Waals surface area contributed by atoms with Gasteiger partial charge in [-0.05, 0) is 31.2 Å². The zero-order chi connectivity index (χ0) is 12.1.